The Hall–Kier alpha value is -1.28. The summed E-state index contributed by atoms with van der Waals surface area (Å²) in [4.78, 5) is 16.1. The van der Waals surface area contributed by atoms with E-state index in [1.165, 1.54) is 0 Å². The van der Waals surface area contributed by atoms with Crippen LogP contribution in [0.1, 0.15) is 48.7 Å². The second kappa shape index (κ2) is 6.94. The average Bonchev–Trinajstić information content (AvgIpc) is 3.06. The average molecular weight is 300 g/mol. The van der Waals surface area contributed by atoms with Crippen molar-refractivity contribution in [3.05, 3.63) is 11.7 Å². The van der Waals surface area contributed by atoms with Gasteiger partial charge in [0.1, 0.15) is 0 Å². The van der Waals surface area contributed by atoms with E-state index in [1.54, 1.807) is 6.26 Å². The third kappa shape index (κ3) is 4.11. The second-order valence-corrected chi connectivity index (χ2v) is 6.60. The van der Waals surface area contributed by atoms with E-state index in [1.807, 2.05) is 6.92 Å². The number of carbonyl (C=O) groups excluding carboxylic acids is 1. The van der Waals surface area contributed by atoms with Gasteiger partial charge in [-0.05, 0) is 32.7 Å². The van der Waals surface area contributed by atoms with Gasteiger partial charge in [0.25, 0.3) is 11.7 Å². The molecule has 0 saturated carbocycles. The standard InChI is InChI=1S/C12H20N4O3S/c1-8(5-7-20(2)18)14-11(17)10-15-12(19-16-10)9-4-3-6-13-9/h8-9,13H,3-7H2,1-2H3,(H,14,17). The van der Waals surface area contributed by atoms with Gasteiger partial charge in [0.05, 0.1) is 6.04 Å². The van der Waals surface area contributed by atoms with Gasteiger partial charge in [0.2, 0.25) is 5.89 Å². The van der Waals surface area contributed by atoms with Crippen molar-refractivity contribution < 1.29 is 13.5 Å². The van der Waals surface area contributed by atoms with Crippen LogP contribution in [0.2, 0.25) is 0 Å². The van der Waals surface area contributed by atoms with E-state index in [0.29, 0.717) is 18.1 Å². The number of aromatic nitrogens is 2. The molecule has 3 atom stereocenters. The maximum absolute atomic E-state index is 11.9. The Labute approximate surface area is 120 Å². The number of amides is 1. The summed E-state index contributed by atoms with van der Waals surface area (Å²) in [6, 6.07) is -0.0121. The molecule has 2 heterocycles. The Morgan fingerprint density at radius 3 is 3.10 bits per heavy atom. The fourth-order valence-corrected chi connectivity index (χ4v) is 2.75. The number of hydrogen-bond donors (Lipinski definition) is 2. The molecule has 0 aromatic carbocycles. The molecule has 2 rings (SSSR count). The van der Waals surface area contributed by atoms with Gasteiger partial charge in [-0.3, -0.25) is 9.00 Å². The van der Waals surface area contributed by atoms with Gasteiger partial charge in [0, 0.05) is 28.9 Å². The third-order valence-corrected chi connectivity index (χ3v) is 4.03. The van der Waals surface area contributed by atoms with E-state index < -0.39 is 10.8 Å². The summed E-state index contributed by atoms with van der Waals surface area (Å²) in [5, 5.41) is 9.72. The number of nitrogens with zero attached hydrogens (tertiary/aromatic N) is 2. The second-order valence-electron chi connectivity index (χ2n) is 5.05. The molecule has 1 aromatic heterocycles. The molecular formula is C12H20N4O3S. The van der Waals surface area contributed by atoms with Crippen molar-refractivity contribution in [1.82, 2.24) is 20.8 Å². The van der Waals surface area contributed by atoms with Crippen LogP contribution in [0.3, 0.4) is 0 Å². The summed E-state index contributed by atoms with van der Waals surface area (Å²) >= 11 is 0. The fourth-order valence-electron chi connectivity index (χ4n) is 2.07. The molecule has 0 bridgehead atoms. The zero-order valence-electron chi connectivity index (χ0n) is 11.7. The summed E-state index contributed by atoms with van der Waals surface area (Å²) in [6.07, 6.45) is 4.32. The van der Waals surface area contributed by atoms with Crippen molar-refractivity contribution in [3.63, 3.8) is 0 Å². The van der Waals surface area contributed by atoms with Crippen molar-refractivity contribution in [2.24, 2.45) is 0 Å². The third-order valence-electron chi connectivity index (χ3n) is 3.22. The molecule has 1 fully saturated rings. The predicted octanol–water partition coefficient (Wildman–Crippen LogP) is 0.381. The van der Waals surface area contributed by atoms with Crippen LogP contribution in [0.15, 0.2) is 4.52 Å². The molecule has 3 unspecified atom stereocenters. The van der Waals surface area contributed by atoms with Gasteiger partial charge in [-0.2, -0.15) is 4.98 Å². The topological polar surface area (TPSA) is 97.1 Å². The number of hydrogen-bond acceptors (Lipinski definition) is 6. The van der Waals surface area contributed by atoms with E-state index in [2.05, 4.69) is 20.8 Å². The SMILES string of the molecule is CC(CCS(C)=O)NC(=O)c1noc(C2CCCN2)n1. The van der Waals surface area contributed by atoms with Crippen molar-refractivity contribution in [3.8, 4) is 0 Å². The van der Waals surface area contributed by atoms with E-state index in [-0.39, 0.29) is 23.8 Å². The van der Waals surface area contributed by atoms with Crippen LogP contribution in [-0.4, -0.2) is 44.9 Å². The fraction of sp³-hybridized carbons (Fsp3) is 0.750. The Morgan fingerprint density at radius 1 is 1.65 bits per heavy atom. The van der Waals surface area contributed by atoms with Gasteiger partial charge in [-0.1, -0.05) is 5.16 Å². The summed E-state index contributed by atoms with van der Waals surface area (Å²) in [7, 11) is -0.852. The van der Waals surface area contributed by atoms with Crippen LogP contribution >= 0.6 is 0 Å². The van der Waals surface area contributed by atoms with E-state index >= 15 is 0 Å². The lowest BCUT2D eigenvalue weighted by molar-refractivity contribution is 0.0926. The lowest BCUT2D eigenvalue weighted by Gasteiger charge is -2.10. The summed E-state index contributed by atoms with van der Waals surface area (Å²) in [5.41, 5.74) is 0. The molecule has 20 heavy (non-hydrogen) atoms. The molecule has 0 radical (unpaired) electrons. The zero-order valence-corrected chi connectivity index (χ0v) is 12.5. The molecule has 8 heteroatoms. The zero-order chi connectivity index (χ0) is 14.5. The normalized spacial score (nSPS) is 21.6. The predicted molar refractivity (Wildman–Crippen MR) is 74.8 cm³/mol. The highest BCUT2D eigenvalue weighted by molar-refractivity contribution is 7.84. The number of rotatable bonds is 6. The van der Waals surface area contributed by atoms with Crippen LogP contribution in [0.5, 0.6) is 0 Å². The highest BCUT2D eigenvalue weighted by atomic mass is 32.2. The first-order chi connectivity index (χ1) is 9.56. The first kappa shape index (κ1) is 15.1. The Balaban J connectivity index is 1.87. The molecular weight excluding hydrogens is 280 g/mol. The molecule has 7 nitrogen and oxygen atoms in total. The molecule has 2 N–H and O–H groups in total. The largest absolute Gasteiger partial charge is 0.347 e. The molecule has 0 aliphatic carbocycles. The Morgan fingerprint density at radius 2 is 2.45 bits per heavy atom. The Kier molecular flexibility index (Phi) is 5.24. The van der Waals surface area contributed by atoms with Crippen LogP contribution in [0, 0.1) is 0 Å². The van der Waals surface area contributed by atoms with Crippen molar-refractivity contribution in [2.45, 2.75) is 38.3 Å². The summed E-state index contributed by atoms with van der Waals surface area (Å²) < 4.78 is 16.1. The minimum Gasteiger partial charge on any atom is -0.347 e. The van der Waals surface area contributed by atoms with E-state index in [9.17, 15) is 9.00 Å². The maximum Gasteiger partial charge on any atom is 0.292 e. The van der Waals surface area contributed by atoms with Crippen molar-refractivity contribution in [2.75, 3.05) is 18.6 Å². The van der Waals surface area contributed by atoms with Crippen LogP contribution in [-0.2, 0) is 10.8 Å². The van der Waals surface area contributed by atoms with Gasteiger partial charge >= 0.3 is 0 Å². The lowest BCUT2D eigenvalue weighted by atomic mass is 10.2. The lowest BCUT2D eigenvalue weighted by Crippen LogP contribution is -2.34. The minimum atomic E-state index is -0.852. The van der Waals surface area contributed by atoms with Crippen LogP contribution in [0.25, 0.3) is 0 Å². The minimum absolute atomic E-state index is 0.0539. The van der Waals surface area contributed by atoms with Gasteiger partial charge < -0.3 is 15.2 Å². The highest BCUT2D eigenvalue weighted by Gasteiger charge is 2.24. The van der Waals surface area contributed by atoms with Gasteiger partial charge in [-0.25, -0.2) is 0 Å². The van der Waals surface area contributed by atoms with Crippen molar-refractivity contribution >= 4 is 16.7 Å². The van der Waals surface area contributed by atoms with Crippen molar-refractivity contribution in [1.29, 1.82) is 0 Å². The molecule has 1 saturated heterocycles. The smallest absolute Gasteiger partial charge is 0.292 e. The van der Waals surface area contributed by atoms with Crippen LogP contribution < -0.4 is 10.6 Å². The van der Waals surface area contributed by atoms with Gasteiger partial charge in [0.15, 0.2) is 0 Å². The first-order valence-electron chi connectivity index (χ1n) is 6.74. The van der Waals surface area contributed by atoms with Gasteiger partial charge in [-0.15, -0.1) is 0 Å². The quantitative estimate of drug-likeness (QED) is 0.788. The van der Waals surface area contributed by atoms with E-state index in [0.717, 1.165) is 19.4 Å². The molecule has 1 aliphatic heterocycles. The molecule has 0 spiro atoms. The monoisotopic (exact) mass is 300 g/mol. The molecule has 1 aliphatic rings. The summed E-state index contributed by atoms with van der Waals surface area (Å²) in [5.74, 6) is 0.728. The number of nitrogens with one attached hydrogen (secondary N) is 2. The maximum atomic E-state index is 11.9. The highest BCUT2D eigenvalue weighted by Crippen LogP contribution is 2.20. The molecule has 112 valence electrons. The summed E-state index contributed by atoms with van der Waals surface area (Å²) in [6.45, 7) is 2.80. The Bertz CT molecular complexity index is 485. The molecule has 1 amide bonds. The molecule has 1 aromatic rings. The number of carbonyl (C=O) groups is 1. The first-order valence-corrected chi connectivity index (χ1v) is 8.47. The van der Waals surface area contributed by atoms with Crippen LogP contribution in [0.4, 0.5) is 0 Å². The van der Waals surface area contributed by atoms with E-state index in [4.69, 9.17) is 4.52 Å².